The molecule has 1 amide bonds. The lowest BCUT2D eigenvalue weighted by Crippen LogP contribution is -2.51. The second kappa shape index (κ2) is 7.66. The molecular weight excluding hydrogens is 300 g/mol. The van der Waals surface area contributed by atoms with Crippen molar-refractivity contribution in [3.8, 4) is 0 Å². The summed E-state index contributed by atoms with van der Waals surface area (Å²) in [5.41, 5.74) is 3.34. The first-order valence-corrected chi connectivity index (χ1v) is 9.47. The molecule has 3 atom stereocenters. The molecule has 132 valence electrons. The Balaban J connectivity index is 1.82. The summed E-state index contributed by atoms with van der Waals surface area (Å²) < 4.78 is 6.23. The summed E-state index contributed by atoms with van der Waals surface area (Å²) in [4.78, 5) is 14.5. The number of aryl methyl sites for hydroxylation is 1. The fourth-order valence-corrected chi connectivity index (χ4v) is 4.06. The van der Waals surface area contributed by atoms with Crippen molar-refractivity contribution in [2.24, 2.45) is 0 Å². The van der Waals surface area contributed by atoms with Gasteiger partial charge in [0.05, 0.1) is 12.7 Å². The Morgan fingerprint density at radius 3 is 2.79 bits per heavy atom. The summed E-state index contributed by atoms with van der Waals surface area (Å²) in [6.07, 6.45) is 4.60. The maximum absolute atomic E-state index is 12.7. The van der Waals surface area contributed by atoms with E-state index in [0.29, 0.717) is 12.1 Å². The van der Waals surface area contributed by atoms with E-state index in [1.807, 2.05) is 24.8 Å². The van der Waals surface area contributed by atoms with E-state index in [1.165, 1.54) is 17.5 Å². The molecule has 1 heterocycles. The fourth-order valence-electron chi connectivity index (χ4n) is 4.06. The quantitative estimate of drug-likeness (QED) is 0.900. The molecule has 0 radical (unpaired) electrons. The van der Waals surface area contributed by atoms with Gasteiger partial charge in [0.25, 0.3) is 5.91 Å². The zero-order chi connectivity index (χ0) is 17.1. The van der Waals surface area contributed by atoms with E-state index in [4.69, 9.17) is 4.74 Å². The number of carbonyl (C=O) groups is 1. The molecule has 4 heteroatoms. The maximum Gasteiger partial charge on any atom is 0.253 e. The minimum atomic E-state index is 0.0892. The van der Waals surface area contributed by atoms with Crippen molar-refractivity contribution in [1.82, 2.24) is 10.2 Å². The number of nitrogens with zero attached hydrogens (tertiary/aromatic N) is 1. The highest BCUT2D eigenvalue weighted by molar-refractivity contribution is 5.94. The molecule has 0 bridgehead atoms. The Morgan fingerprint density at radius 2 is 2.08 bits per heavy atom. The number of rotatable bonds is 5. The highest BCUT2D eigenvalue weighted by Gasteiger charge is 2.36. The largest absolute Gasteiger partial charge is 0.370 e. The van der Waals surface area contributed by atoms with Gasteiger partial charge >= 0.3 is 0 Å². The normalized spacial score (nSPS) is 25.7. The second-order valence-electron chi connectivity index (χ2n) is 6.94. The zero-order valence-electron chi connectivity index (χ0n) is 15.2. The molecule has 1 N–H and O–H groups in total. The van der Waals surface area contributed by atoms with Gasteiger partial charge in [-0.1, -0.05) is 19.4 Å². The second-order valence-corrected chi connectivity index (χ2v) is 6.94. The van der Waals surface area contributed by atoms with Gasteiger partial charge in [0.15, 0.2) is 0 Å². The molecule has 1 unspecified atom stereocenters. The summed E-state index contributed by atoms with van der Waals surface area (Å²) in [7, 11) is 0. The average molecular weight is 330 g/mol. The van der Waals surface area contributed by atoms with E-state index in [-0.39, 0.29) is 12.0 Å². The molecule has 3 rings (SSSR count). The van der Waals surface area contributed by atoms with Crippen molar-refractivity contribution in [2.45, 2.75) is 64.6 Å². The van der Waals surface area contributed by atoms with Crippen LogP contribution in [0.3, 0.4) is 0 Å². The predicted octanol–water partition coefficient (Wildman–Crippen LogP) is 3.31. The number of ether oxygens (including phenoxy) is 1. The number of hydrogen-bond acceptors (Lipinski definition) is 3. The van der Waals surface area contributed by atoms with Gasteiger partial charge in [-0.2, -0.15) is 0 Å². The van der Waals surface area contributed by atoms with Crippen molar-refractivity contribution in [1.29, 1.82) is 0 Å². The van der Waals surface area contributed by atoms with Crippen molar-refractivity contribution in [2.75, 3.05) is 19.7 Å². The van der Waals surface area contributed by atoms with Gasteiger partial charge < -0.3 is 15.0 Å². The van der Waals surface area contributed by atoms with Gasteiger partial charge in [0.1, 0.15) is 0 Å². The number of nitrogens with one attached hydrogen (secondary N) is 1. The lowest BCUT2D eigenvalue weighted by atomic mass is 9.83. The maximum atomic E-state index is 12.7. The van der Waals surface area contributed by atoms with Crippen molar-refractivity contribution in [3.63, 3.8) is 0 Å². The van der Waals surface area contributed by atoms with E-state index in [2.05, 4.69) is 24.4 Å². The van der Waals surface area contributed by atoms with E-state index in [0.717, 1.165) is 44.5 Å². The third kappa shape index (κ3) is 3.35. The number of benzene rings is 1. The van der Waals surface area contributed by atoms with Crippen LogP contribution in [-0.4, -0.2) is 42.6 Å². The highest BCUT2D eigenvalue weighted by atomic mass is 16.5. The minimum Gasteiger partial charge on any atom is -0.370 e. The Morgan fingerprint density at radius 1 is 1.29 bits per heavy atom. The van der Waals surface area contributed by atoms with Crippen LogP contribution in [0.15, 0.2) is 18.2 Å². The third-order valence-electron chi connectivity index (χ3n) is 5.40. The van der Waals surface area contributed by atoms with Crippen molar-refractivity contribution < 1.29 is 9.53 Å². The number of hydrogen-bond donors (Lipinski definition) is 1. The molecule has 1 saturated heterocycles. The number of fused-ring (bicyclic) bond motifs is 3. The molecule has 0 saturated carbocycles. The standard InChI is InChI=1S/C20H30N2O2/c1-4-7-16-13-24-19-17-12-15(20(23)22(5-2)6-3)9-8-14(17)10-11-18(19)21-16/h8-9,12,16,18-19,21H,4-7,10-11,13H2,1-3H3/t16?,18-,19-/m1/s1. The first-order valence-electron chi connectivity index (χ1n) is 9.47. The van der Waals surface area contributed by atoms with Crippen LogP contribution in [0, 0.1) is 0 Å². The zero-order valence-corrected chi connectivity index (χ0v) is 15.2. The van der Waals surface area contributed by atoms with Crippen molar-refractivity contribution >= 4 is 5.91 Å². The average Bonchev–Trinajstić information content (AvgIpc) is 2.62. The minimum absolute atomic E-state index is 0.0892. The SMILES string of the molecule is CCCC1CO[C@@H]2c3cc(C(=O)N(CC)CC)ccc3CC[C@H]2N1. The molecule has 0 spiro atoms. The van der Waals surface area contributed by atoms with E-state index < -0.39 is 0 Å². The number of amides is 1. The van der Waals surface area contributed by atoms with Crippen LogP contribution in [0.1, 0.15) is 67.6 Å². The topological polar surface area (TPSA) is 41.6 Å². The highest BCUT2D eigenvalue weighted by Crippen LogP contribution is 2.36. The van der Waals surface area contributed by atoms with Gasteiger partial charge in [-0.25, -0.2) is 0 Å². The number of carbonyl (C=O) groups excluding carboxylic acids is 1. The van der Waals surface area contributed by atoms with Crippen LogP contribution < -0.4 is 5.32 Å². The van der Waals surface area contributed by atoms with Crippen molar-refractivity contribution in [3.05, 3.63) is 34.9 Å². The Hall–Kier alpha value is -1.39. The molecule has 1 aromatic carbocycles. The van der Waals surface area contributed by atoms with Crippen LogP contribution in [0.2, 0.25) is 0 Å². The summed E-state index contributed by atoms with van der Waals surface area (Å²) in [6, 6.07) is 7.04. The molecule has 2 aliphatic rings. The molecular formula is C20H30N2O2. The fraction of sp³-hybridized carbons (Fsp3) is 0.650. The van der Waals surface area contributed by atoms with Gasteiger partial charge in [0.2, 0.25) is 0 Å². The molecule has 24 heavy (non-hydrogen) atoms. The molecule has 0 aromatic heterocycles. The Bertz CT molecular complexity index is 583. The summed E-state index contributed by atoms with van der Waals surface area (Å²) in [5, 5.41) is 3.77. The summed E-state index contributed by atoms with van der Waals surface area (Å²) in [5.74, 6) is 0.123. The van der Waals surface area contributed by atoms with Gasteiger partial charge in [-0.3, -0.25) is 4.79 Å². The van der Waals surface area contributed by atoms with E-state index in [1.54, 1.807) is 0 Å². The van der Waals surface area contributed by atoms with Crippen LogP contribution in [0.5, 0.6) is 0 Å². The van der Waals surface area contributed by atoms with E-state index >= 15 is 0 Å². The molecule has 1 fully saturated rings. The van der Waals surface area contributed by atoms with E-state index in [9.17, 15) is 4.79 Å². The predicted molar refractivity (Wildman–Crippen MR) is 96.3 cm³/mol. The molecule has 1 aliphatic carbocycles. The molecule has 1 aliphatic heterocycles. The monoisotopic (exact) mass is 330 g/mol. The lowest BCUT2D eigenvalue weighted by Gasteiger charge is -2.41. The van der Waals surface area contributed by atoms with Crippen LogP contribution >= 0.6 is 0 Å². The van der Waals surface area contributed by atoms with Crippen LogP contribution in [-0.2, 0) is 11.2 Å². The summed E-state index contributed by atoms with van der Waals surface area (Å²) >= 11 is 0. The Kier molecular flexibility index (Phi) is 5.57. The molecule has 4 nitrogen and oxygen atoms in total. The van der Waals surface area contributed by atoms with Crippen LogP contribution in [0.4, 0.5) is 0 Å². The number of morpholine rings is 1. The first kappa shape index (κ1) is 17.4. The first-order chi connectivity index (χ1) is 11.7. The third-order valence-corrected chi connectivity index (χ3v) is 5.40. The van der Waals surface area contributed by atoms with Gasteiger partial charge in [0, 0.05) is 30.7 Å². The summed E-state index contributed by atoms with van der Waals surface area (Å²) in [6.45, 7) is 8.53. The van der Waals surface area contributed by atoms with Crippen LogP contribution in [0.25, 0.3) is 0 Å². The molecule has 1 aromatic rings. The lowest BCUT2D eigenvalue weighted by molar-refractivity contribution is -0.0378. The van der Waals surface area contributed by atoms with Gasteiger partial charge in [-0.15, -0.1) is 0 Å². The Labute approximate surface area is 145 Å². The van der Waals surface area contributed by atoms with Gasteiger partial charge in [-0.05, 0) is 56.4 Å². The smallest absolute Gasteiger partial charge is 0.253 e.